The Morgan fingerprint density at radius 3 is 2.58 bits per heavy atom. The Balaban J connectivity index is 1.55. The van der Waals surface area contributed by atoms with E-state index < -0.39 is 0 Å². The number of amides is 1. The summed E-state index contributed by atoms with van der Waals surface area (Å²) < 4.78 is 2.13. The molecule has 0 aliphatic heterocycles. The molecule has 6 heteroatoms. The van der Waals surface area contributed by atoms with E-state index in [2.05, 4.69) is 53.0 Å². The largest absolute Gasteiger partial charge is 0.325 e. The van der Waals surface area contributed by atoms with Gasteiger partial charge in [-0.3, -0.25) is 4.79 Å². The molecule has 3 rings (SSSR count). The maximum Gasteiger partial charge on any atom is 0.234 e. The van der Waals surface area contributed by atoms with Crippen LogP contribution in [-0.2, 0) is 11.3 Å². The van der Waals surface area contributed by atoms with E-state index in [1.807, 2.05) is 12.1 Å². The lowest BCUT2D eigenvalue weighted by Crippen LogP contribution is -2.14. The lowest BCUT2D eigenvalue weighted by Gasteiger charge is -2.09. The summed E-state index contributed by atoms with van der Waals surface area (Å²) in [4.78, 5) is 12.2. The Labute approximate surface area is 147 Å². The van der Waals surface area contributed by atoms with Crippen LogP contribution in [0.15, 0.2) is 29.4 Å². The number of nitrogens with one attached hydrogen (secondary N) is 1. The van der Waals surface area contributed by atoms with Gasteiger partial charge in [-0.15, -0.1) is 10.2 Å². The van der Waals surface area contributed by atoms with Gasteiger partial charge in [0.1, 0.15) is 5.82 Å². The lowest BCUT2D eigenvalue weighted by molar-refractivity contribution is -0.113. The van der Waals surface area contributed by atoms with Crippen molar-refractivity contribution in [2.75, 3.05) is 11.1 Å². The van der Waals surface area contributed by atoms with E-state index in [0.717, 1.165) is 23.2 Å². The zero-order valence-electron chi connectivity index (χ0n) is 14.5. The summed E-state index contributed by atoms with van der Waals surface area (Å²) in [6.07, 6.45) is 2.41. The molecule has 0 unspecified atom stereocenters. The molecular weight excluding hydrogens is 320 g/mol. The highest BCUT2D eigenvalue weighted by Crippen LogP contribution is 2.39. The van der Waals surface area contributed by atoms with Crippen molar-refractivity contribution in [2.24, 2.45) is 0 Å². The number of anilines is 1. The second-order valence-electron chi connectivity index (χ2n) is 6.47. The molecule has 0 saturated heterocycles. The normalized spacial score (nSPS) is 14.2. The van der Waals surface area contributed by atoms with Gasteiger partial charge in [0.15, 0.2) is 5.16 Å². The van der Waals surface area contributed by atoms with E-state index in [1.165, 1.54) is 30.2 Å². The first-order valence-electron chi connectivity index (χ1n) is 8.54. The van der Waals surface area contributed by atoms with Gasteiger partial charge in [0, 0.05) is 18.2 Å². The lowest BCUT2D eigenvalue weighted by atomic mass is 10.0. The molecule has 0 spiro atoms. The number of aromatic nitrogens is 3. The SMILES string of the molecule is CCn1c(SCC(=O)Nc2ccc(C(C)C)cc2)nnc1C1CC1. The molecule has 1 fully saturated rings. The van der Waals surface area contributed by atoms with Gasteiger partial charge in [0.05, 0.1) is 5.75 Å². The van der Waals surface area contributed by atoms with Crippen molar-refractivity contribution >= 4 is 23.4 Å². The van der Waals surface area contributed by atoms with Crippen molar-refractivity contribution in [1.82, 2.24) is 14.8 Å². The average Bonchev–Trinajstić information content (AvgIpc) is 3.33. The van der Waals surface area contributed by atoms with Crippen LogP contribution in [0.25, 0.3) is 0 Å². The molecule has 0 radical (unpaired) electrons. The third-order valence-electron chi connectivity index (χ3n) is 4.20. The minimum Gasteiger partial charge on any atom is -0.325 e. The molecule has 2 aromatic rings. The molecule has 1 aromatic heterocycles. The van der Waals surface area contributed by atoms with E-state index in [1.54, 1.807) is 0 Å². The second kappa shape index (κ2) is 7.38. The van der Waals surface area contributed by atoms with E-state index in [9.17, 15) is 4.79 Å². The van der Waals surface area contributed by atoms with Gasteiger partial charge < -0.3 is 9.88 Å². The average molecular weight is 344 g/mol. The third kappa shape index (κ3) is 3.98. The highest BCUT2D eigenvalue weighted by Gasteiger charge is 2.30. The molecule has 5 nitrogen and oxygen atoms in total. The Hall–Kier alpha value is -1.82. The Kier molecular flexibility index (Phi) is 5.23. The van der Waals surface area contributed by atoms with Gasteiger partial charge in [0.2, 0.25) is 5.91 Å². The summed E-state index contributed by atoms with van der Waals surface area (Å²) in [5.74, 6) is 2.46. The highest BCUT2D eigenvalue weighted by molar-refractivity contribution is 7.99. The number of rotatable bonds is 7. The topological polar surface area (TPSA) is 59.8 Å². The molecule has 0 bridgehead atoms. The number of carbonyl (C=O) groups excluding carboxylic acids is 1. The molecule has 1 N–H and O–H groups in total. The predicted octanol–water partition coefficient (Wildman–Crippen LogP) is 4.03. The van der Waals surface area contributed by atoms with Crippen LogP contribution in [0.2, 0.25) is 0 Å². The van der Waals surface area contributed by atoms with Gasteiger partial charge in [-0.1, -0.05) is 37.7 Å². The molecule has 24 heavy (non-hydrogen) atoms. The number of nitrogens with zero attached hydrogens (tertiary/aromatic N) is 3. The Morgan fingerprint density at radius 1 is 1.29 bits per heavy atom. The summed E-state index contributed by atoms with van der Waals surface area (Å²) in [5.41, 5.74) is 2.10. The first kappa shape index (κ1) is 17.0. The number of thioether (sulfide) groups is 1. The molecule has 1 heterocycles. The van der Waals surface area contributed by atoms with Crippen LogP contribution in [-0.4, -0.2) is 26.4 Å². The van der Waals surface area contributed by atoms with Crippen LogP contribution in [0, 0.1) is 0 Å². The van der Waals surface area contributed by atoms with Crippen LogP contribution in [0.3, 0.4) is 0 Å². The summed E-state index contributed by atoms with van der Waals surface area (Å²) >= 11 is 1.45. The molecule has 1 amide bonds. The van der Waals surface area contributed by atoms with Crippen molar-refractivity contribution in [3.8, 4) is 0 Å². The molecule has 128 valence electrons. The van der Waals surface area contributed by atoms with Gasteiger partial charge in [-0.25, -0.2) is 0 Å². The van der Waals surface area contributed by atoms with Crippen LogP contribution in [0.4, 0.5) is 5.69 Å². The Morgan fingerprint density at radius 2 is 2.00 bits per heavy atom. The summed E-state index contributed by atoms with van der Waals surface area (Å²) in [5, 5.41) is 12.3. The highest BCUT2D eigenvalue weighted by atomic mass is 32.2. The number of benzene rings is 1. The van der Waals surface area contributed by atoms with E-state index in [-0.39, 0.29) is 5.91 Å². The summed E-state index contributed by atoms with van der Waals surface area (Å²) in [6.45, 7) is 7.25. The first-order valence-corrected chi connectivity index (χ1v) is 9.52. The van der Waals surface area contributed by atoms with E-state index >= 15 is 0 Å². The minimum atomic E-state index is -0.0177. The van der Waals surface area contributed by atoms with Crippen LogP contribution in [0.1, 0.15) is 56.8 Å². The van der Waals surface area contributed by atoms with E-state index in [4.69, 9.17) is 0 Å². The van der Waals surface area contributed by atoms with Gasteiger partial charge >= 0.3 is 0 Å². The van der Waals surface area contributed by atoms with Crippen molar-refractivity contribution in [1.29, 1.82) is 0 Å². The number of carbonyl (C=O) groups is 1. The van der Waals surface area contributed by atoms with Crippen molar-refractivity contribution in [2.45, 2.75) is 57.1 Å². The minimum absolute atomic E-state index is 0.0177. The predicted molar refractivity (Wildman–Crippen MR) is 97.6 cm³/mol. The van der Waals surface area contributed by atoms with Crippen molar-refractivity contribution in [3.05, 3.63) is 35.7 Å². The standard InChI is InChI=1S/C18H24N4OS/c1-4-22-17(14-5-6-14)20-21-18(22)24-11-16(23)19-15-9-7-13(8-10-15)12(2)3/h7-10,12,14H,4-6,11H2,1-3H3,(H,19,23). The van der Waals surface area contributed by atoms with Crippen molar-refractivity contribution in [3.63, 3.8) is 0 Å². The summed E-state index contributed by atoms with van der Waals surface area (Å²) in [7, 11) is 0. The smallest absolute Gasteiger partial charge is 0.234 e. The summed E-state index contributed by atoms with van der Waals surface area (Å²) in [6, 6.07) is 8.03. The monoisotopic (exact) mass is 344 g/mol. The molecule has 1 aromatic carbocycles. The van der Waals surface area contributed by atoms with Crippen molar-refractivity contribution < 1.29 is 4.79 Å². The first-order chi connectivity index (χ1) is 11.6. The van der Waals surface area contributed by atoms with Crippen LogP contribution in [0.5, 0.6) is 0 Å². The fourth-order valence-corrected chi connectivity index (χ4v) is 3.44. The number of hydrogen-bond acceptors (Lipinski definition) is 4. The third-order valence-corrected chi connectivity index (χ3v) is 5.16. The van der Waals surface area contributed by atoms with Gasteiger partial charge in [-0.2, -0.15) is 0 Å². The van der Waals surface area contributed by atoms with Crippen LogP contribution >= 0.6 is 11.8 Å². The van der Waals surface area contributed by atoms with Gasteiger partial charge in [-0.05, 0) is 43.4 Å². The zero-order chi connectivity index (χ0) is 17.1. The molecule has 0 atom stereocenters. The molecule has 1 saturated carbocycles. The second-order valence-corrected chi connectivity index (χ2v) is 7.42. The Bertz CT molecular complexity index is 704. The quantitative estimate of drug-likeness (QED) is 0.770. The fourth-order valence-electron chi connectivity index (χ4n) is 2.63. The maximum absolute atomic E-state index is 12.2. The van der Waals surface area contributed by atoms with Crippen LogP contribution < -0.4 is 5.32 Å². The number of hydrogen-bond donors (Lipinski definition) is 1. The van der Waals surface area contributed by atoms with Gasteiger partial charge in [0.25, 0.3) is 0 Å². The van der Waals surface area contributed by atoms with E-state index in [0.29, 0.717) is 17.6 Å². The molecule has 1 aliphatic rings. The fraction of sp³-hybridized carbons (Fsp3) is 0.500. The molecular formula is C18H24N4OS. The molecule has 1 aliphatic carbocycles. The maximum atomic E-state index is 12.2. The zero-order valence-corrected chi connectivity index (χ0v) is 15.3.